The van der Waals surface area contributed by atoms with E-state index in [2.05, 4.69) is 18.2 Å². The van der Waals surface area contributed by atoms with Gasteiger partial charge >= 0.3 is 0 Å². The highest BCUT2D eigenvalue weighted by Crippen LogP contribution is 2.50. The third-order valence-corrected chi connectivity index (χ3v) is 5.42. The third kappa shape index (κ3) is 2.78. The SMILES string of the molecule is Cl.Nc1ccc(CC(=O)N2CC3(CCCC3)c3ccccc32)cc1. The van der Waals surface area contributed by atoms with E-state index in [-0.39, 0.29) is 23.7 Å². The molecule has 0 unspecified atom stereocenters. The molecular formula is C20H23ClN2O. The Bertz CT molecular complexity index is 736. The fourth-order valence-corrected chi connectivity index (χ4v) is 4.24. The molecule has 3 nitrogen and oxygen atoms in total. The molecule has 0 bridgehead atoms. The molecule has 2 aromatic carbocycles. The number of nitrogen functional groups attached to an aromatic ring is 1. The summed E-state index contributed by atoms with van der Waals surface area (Å²) in [6.07, 6.45) is 5.39. The lowest BCUT2D eigenvalue weighted by Crippen LogP contribution is -2.36. The van der Waals surface area contributed by atoms with Gasteiger partial charge in [0.1, 0.15) is 0 Å². The van der Waals surface area contributed by atoms with Gasteiger partial charge in [0.25, 0.3) is 0 Å². The normalized spacial score (nSPS) is 17.6. The molecule has 2 aromatic rings. The van der Waals surface area contributed by atoms with Crippen LogP contribution >= 0.6 is 12.4 Å². The Balaban J connectivity index is 0.00000169. The van der Waals surface area contributed by atoms with Crippen LogP contribution in [0.4, 0.5) is 11.4 Å². The van der Waals surface area contributed by atoms with Crippen LogP contribution < -0.4 is 10.6 Å². The molecule has 4 rings (SSSR count). The van der Waals surface area contributed by atoms with Gasteiger partial charge in [-0.1, -0.05) is 43.2 Å². The molecule has 1 saturated carbocycles. The first kappa shape index (κ1) is 16.8. The molecule has 1 amide bonds. The lowest BCUT2D eigenvalue weighted by molar-refractivity contribution is -0.118. The van der Waals surface area contributed by atoms with Crippen LogP contribution in [0.25, 0.3) is 0 Å². The molecule has 1 fully saturated rings. The molecule has 1 aliphatic heterocycles. The first-order valence-corrected chi connectivity index (χ1v) is 8.42. The van der Waals surface area contributed by atoms with Crippen LogP contribution in [0, 0.1) is 0 Å². The Morgan fingerprint density at radius 3 is 2.42 bits per heavy atom. The van der Waals surface area contributed by atoms with Crippen molar-refractivity contribution in [1.82, 2.24) is 0 Å². The summed E-state index contributed by atoms with van der Waals surface area (Å²) in [5.74, 6) is 0.186. The Hall–Kier alpha value is -2.00. The first-order valence-electron chi connectivity index (χ1n) is 8.42. The van der Waals surface area contributed by atoms with Gasteiger partial charge in [0, 0.05) is 23.3 Å². The summed E-state index contributed by atoms with van der Waals surface area (Å²) >= 11 is 0. The second kappa shape index (κ2) is 6.48. The lowest BCUT2D eigenvalue weighted by atomic mass is 9.81. The number of para-hydroxylation sites is 1. The van der Waals surface area contributed by atoms with E-state index in [0.717, 1.165) is 23.5 Å². The van der Waals surface area contributed by atoms with E-state index < -0.39 is 0 Å². The minimum Gasteiger partial charge on any atom is -0.399 e. The van der Waals surface area contributed by atoms with Gasteiger partial charge in [0.15, 0.2) is 0 Å². The predicted octanol–water partition coefficient (Wildman–Crippen LogP) is 4.09. The van der Waals surface area contributed by atoms with Crippen molar-refractivity contribution >= 4 is 29.7 Å². The van der Waals surface area contributed by atoms with E-state index in [1.165, 1.54) is 31.2 Å². The second-order valence-corrected chi connectivity index (χ2v) is 6.90. The Kier molecular flexibility index (Phi) is 4.55. The van der Waals surface area contributed by atoms with Crippen molar-refractivity contribution in [3.05, 3.63) is 59.7 Å². The summed E-state index contributed by atoms with van der Waals surface area (Å²) in [7, 11) is 0. The van der Waals surface area contributed by atoms with Crippen LogP contribution in [0.3, 0.4) is 0 Å². The quantitative estimate of drug-likeness (QED) is 0.835. The maximum Gasteiger partial charge on any atom is 0.231 e. The van der Waals surface area contributed by atoms with Crippen LogP contribution in [0.15, 0.2) is 48.5 Å². The van der Waals surface area contributed by atoms with Crippen molar-refractivity contribution in [2.45, 2.75) is 37.5 Å². The number of halogens is 1. The molecule has 1 spiro atoms. The lowest BCUT2D eigenvalue weighted by Gasteiger charge is -2.24. The van der Waals surface area contributed by atoms with Crippen molar-refractivity contribution in [1.29, 1.82) is 0 Å². The van der Waals surface area contributed by atoms with Crippen LogP contribution in [-0.2, 0) is 16.6 Å². The number of carbonyl (C=O) groups excluding carboxylic acids is 1. The molecule has 0 atom stereocenters. The highest BCUT2D eigenvalue weighted by Gasteiger charge is 2.45. The van der Waals surface area contributed by atoms with E-state index in [1.807, 2.05) is 35.2 Å². The standard InChI is InChI=1S/C20H22N2O.ClH/c21-16-9-7-15(8-10-16)13-19(23)22-14-20(11-3-4-12-20)17-5-1-2-6-18(17)22;/h1-2,5-10H,3-4,11-14,21H2;1H. The maximum absolute atomic E-state index is 12.9. The number of fused-ring (bicyclic) bond motifs is 2. The minimum absolute atomic E-state index is 0. The molecule has 0 radical (unpaired) electrons. The van der Waals surface area contributed by atoms with Gasteiger partial charge in [-0.2, -0.15) is 0 Å². The topological polar surface area (TPSA) is 46.3 Å². The number of amides is 1. The van der Waals surface area contributed by atoms with E-state index >= 15 is 0 Å². The summed E-state index contributed by atoms with van der Waals surface area (Å²) in [6, 6.07) is 16.1. The van der Waals surface area contributed by atoms with Gasteiger partial charge in [-0.15, -0.1) is 12.4 Å². The average molecular weight is 343 g/mol. The number of carbonyl (C=O) groups is 1. The molecule has 1 heterocycles. The molecule has 0 saturated heterocycles. The van der Waals surface area contributed by atoms with Gasteiger partial charge in [-0.3, -0.25) is 4.79 Å². The van der Waals surface area contributed by atoms with E-state index in [9.17, 15) is 4.79 Å². The van der Waals surface area contributed by atoms with E-state index in [4.69, 9.17) is 5.73 Å². The van der Waals surface area contributed by atoms with Gasteiger partial charge in [-0.05, 0) is 42.2 Å². The molecular weight excluding hydrogens is 320 g/mol. The zero-order valence-electron chi connectivity index (χ0n) is 13.7. The van der Waals surface area contributed by atoms with E-state index in [1.54, 1.807) is 0 Å². The zero-order valence-corrected chi connectivity index (χ0v) is 14.5. The van der Waals surface area contributed by atoms with Gasteiger partial charge in [-0.25, -0.2) is 0 Å². The number of nitrogens with two attached hydrogens (primary N) is 1. The average Bonchev–Trinajstić information content (AvgIpc) is 3.17. The zero-order chi connectivity index (χ0) is 15.9. The summed E-state index contributed by atoms with van der Waals surface area (Å²) in [5, 5.41) is 0. The highest BCUT2D eigenvalue weighted by atomic mass is 35.5. The molecule has 24 heavy (non-hydrogen) atoms. The van der Waals surface area contributed by atoms with Gasteiger partial charge in [0.2, 0.25) is 5.91 Å². The maximum atomic E-state index is 12.9. The molecule has 2 aliphatic rings. The number of rotatable bonds is 2. The fourth-order valence-electron chi connectivity index (χ4n) is 4.24. The summed E-state index contributed by atoms with van der Waals surface area (Å²) < 4.78 is 0. The number of benzene rings is 2. The summed E-state index contributed by atoms with van der Waals surface area (Å²) in [6.45, 7) is 0.847. The number of hydrogen-bond acceptors (Lipinski definition) is 2. The van der Waals surface area contributed by atoms with Gasteiger partial charge in [0.05, 0.1) is 6.42 Å². The fraction of sp³-hybridized carbons (Fsp3) is 0.350. The summed E-state index contributed by atoms with van der Waals surface area (Å²) in [4.78, 5) is 14.9. The Labute approximate surface area is 149 Å². The number of anilines is 2. The van der Waals surface area contributed by atoms with Crippen molar-refractivity contribution in [2.24, 2.45) is 0 Å². The minimum atomic E-state index is 0. The van der Waals surface area contributed by atoms with Crippen molar-refractivity contribution in [3.63, 3.8) is 0 Å². The molecule has 4 heteroatoms. The summed E-state index contributed by atoms with van der Waals surface area (Å²) in [5.41, 5.74) is 10.2. The largest absolute Gasteiger partial charge is 0.399 e. The van der Waals surface area contributed by atoms with Crippen LogP contribution in [0.1, 0.15) is 36.8 Å². The van der Waals surface area contributed by atoms with Crippen molar-refractivity contribution in [3.8, 4) is 0 Å². The Morgan fingerprint density at radius 1 is 1.04 bits per heavy atom. The molecule has 0 aromatic heterocycles. The molecule has 1 aliphatic carbocycles. The monoisotopic (exact) mass is 342 g/mol. The Morgan fingerprint density at radius 2 is 1.71 bits per heavy atom. The molecule has 126 valence electrons. The third-order valence-electron chi connectivity index (χ3n) is 5.42. The van der Waals surface area contributed by atoms with Gasteiger partial charge < -0.3 is 10.6 Å². The van der Waals surface area contributed by atoms with Crippen LogP contribution in [-0.4, -0.2) is 12.5 Å². The molecule has 2 N–H and O–H groups in total. The van der Waals surface area contributed by atoms with E-state index in [0.29, 0.717) is 6.42 Å². The number of hydrogen-bond donors (Lipinski definition) is 1. The first-order chi connectivity index (χ1) is 11.2. The highest BCUT2D eigenvalue weighted by molar-refractivity contribution is 5.97. The smallest absolute Gasteiger partial charge is 0.231 e. The van der Waals surface area contributed by atoms with Crippen molar-refractivity contribution in [2.75, 3.05) is 17.2 Å². The van der Waals surface area contributed by atoms with Crippen LogP contribution in [0.2, 0.25) is 0 Å². The van der Waals surface area contributed by atoms with Crippen molar-refractivity contribution < 1.29 is 4.79 Å². The predicted molar refractivity (Wildman–Crippen MR) is 101 cm³/mol. The van der Waals surface area contributed by atoms with Crippen LogP contribution in [0.5, 0.6) is 0 Å². The second-order valence-electron chi connectivity index (χ2n) is 6.90. The number of nitrogens with zero attached hydrogens (tertiary/aromatic N) is 1.